The predicted molar refractivity (Wildman–Crippen MR) is 108 cm³/mol. The molecule has 1 saturated heterocycles. The third kappa shape index (κ3) is 4.04. The molecule has 2 fully saturated rings. The first-order chi connectivity index (χ1) is 13.6. The summed E-state index contributed by atoms with van der Waals surface area (Å²) in [7, 11) is 0. The first-order valence-electron chi connectivity index (χ1n) is 9.71. The number of nitrogens with zero attached hydrogens (tertiary/aromatic N) is 1. The largest absolute Gasteiger partial charge is 0.355 e. The van der Waals surface area contributed by atoms with Gasteiger partial charge in [-0.2, -0.15) is 0 Å². The first kappa shape index (κ1) is 18.9. The van der Waals surface area contributed by atoms with Crippen LogP contribution in [-0.4, -0.2) is 36.5 Å². The summed E-state index contributed by atoms with van der Waals surface area (Å²) in [4.78, 5) is 27.9. The van der Waals surface area contributed by atoms with Gasteiger partial charge in [0, 0.05) is 30.2 Å². The van der Waals surface area contributed by atoms with Gasteiger partial charge < -0.3 is 15.5 Å². The van der Waals surface area contributed by atoms with Crippen molar-refractivity contribution in [2.45, 2.75) is 31.1 Å². The second-order valence-electron chi connectivity index (χ2n) is 7.64. The van der Waals surface area contributed by atoms with Gasteiger partial charge in [-0.3, -0.25) is 4.79 Å². The van der Waals surface area contributed by atoms with Crippen LogP contribution in [0.2, 0.25) is 0 Å². The molecule has 1 aromatic heterocycles. The Labute approximate surface area is 167 Å². The maximum Gasteiger partial charge on any atom is 0.321 e. The van der Waals surface area contributed by atoms with Gasteiger partial charge in [-0.15, -0.1) is 11.3 Å². The highest BCUT2D eigenvalue weighted by atomic mass is 32.1. The number of nitrogens with one attached hydrogen (secondary N) is 2. The molecule has 0 radical (unpaired) electrons. The Kier molecular flexibility index (Phi) is 5.35. The number of carbonyl (C=O) groups excluding carboxylic acids is 2. The number of carbonyl (C=O) groups is 2. The van der Waals surface area contributed by atoms with Gasteiger partial charge in [0.1, 0.15) is 5.82 Å². The topological polar surface area (TPSA) is 61.4 Å². The zero-order chi connectivity index (χ0) is 19.6. The van der Waals surface area contributed by atoms with Crippen molar-refractivity contribution in [3.63, 3.8) is 0 Å². The smallest absolute Gasteiger partial charge is 0.321 e. The number of anilines is 1. The Morgan fingerprint density at radius 2 is 1.86 bits per heavy atom. The van der Waals surface area contributed by atoms with Crippen LogP contribution in [0.25, 0.3) is 0 Å². The van der Waals surface area contributed by atoms with Crippen molar-refractivity contribution in [2.75, 3.05) is 25.0 Å². The Morgan fingerprint density at radius 1 is 1.14 bits per heavy atom. The fraction of sp³-hybridized carbons (Fsp3) is 0.429. The van der Waals surface area contributed by atoms with E-state index in [1.807, 2.05) is 11.4 Å². The maximum absolute atomic E-state index is 13.0. The molecule has 0 bridgehead atoms. The monoisotopic (exact) mass is 401 g/mol. The average molecular weight is 402 g/mol. The van der Waals surface area contributed by atoms with E-state index >= 15 is 0 Å². The molecule has 0 unspecified atom stereocenters. The molecule has 28 heavy (non-hydrogen) atoms. The number of hydrogen-bond donors (Lipinski definition) is 2. The second-order valence-corrected chi connectivity index (χ2v) is 8.58. The quantitative estimate of drug-likeness (QED) is 0.796. The third-order valence-corrected chi connectivity index (χ3v) is 6.80. The highest BCUT2D eigenvalue weighted by Gasteiger charge is 2.52. The minimum Gasteiger partial charge on any atom is -0.355 e. The van der Waals surface area contributed by atoms with Crippen molar-refractivity contribution in [2.24, 2.45) is 5.92 Å². The predicted octanol–water partition coefficient (Wildman–Crippen LogP) is 3.98. The summed E-state index contributed by atoms with van der Waals surface area (Å²) in [6, 6.07) is 9.65. The van der Waals surface area contributed by atoms with Gasteiger partial charge >= 0.3 is 6.03 Å². The number of piperidine rings is 1. The molecule has 148 valence electrons. The third-order valence-electron chi connectivity index (χ3n) is 5.73. The molecule has 1 saturated carbocycles. The van der Waals surface area contributed by atoms with Crippen LogP contribution in [0.1, 0.15) is 30.6 Å². The summed E-state index contributed by atoms with van der Waals surface area (Å²) in [5.41, 5.74) is 0.299. The Hall–Kier alpha value is -2.41. The number of likely N-dealkylation sites (tertiary alicyclic amines) is 1. The molecule has 1 aliphatic heterocycles. The minimum absolute atomic E-state index is 0.145. The van der Waals surface area contributed by atoms with E-state index in [1.54, 1.807) is 28.4 Å². The van der Waals surface area contributed by atoms with Gasteiger partial charge in [-0.1, -0.05) is 6.07 Å². The van der Waals surface area contributed by atoms with Crippen LogP contribution in [0.4, 0.5) is 14.9 Å². The van der Waals surface area contributed by atoms with Gasteiger partial charge in [0.25, 0.3) is 0 Å². The number of benzene rings is 1. The summed E-state index contributed by atoms with van der Waals surface area (Å²) in [6.07, 6.45) is 3.59. The number of halogens is 1. The van der Waals surface area contributed by atoms with Crippen LogP contribution < -0.4 is 10.6 Å². The standard InChI is InChI=1S/C21H24FN3O2S/c22-16-3-5-17(6-4-16)24-20(27)25-11-7-15(8-12-25)14-23-19(26)21(9-10-21)18-2-1-13-28-18/h1-6,13,15H,7-12,14H2,(H,23,26)(H,24,27). The number of thiophene rings is 1. The van der Waals surface area contributed by atoms with Gasteiger partial charge in [-0.05, 0) is 67.3 Å². The molecule has 1 aliphatic carbocycles. The first-order valence-corrected chi connectivity index (χ1v) is 10.6. The summed E-state index contributed by atoms with van der Waals surface area (Å²) >= 11 is 1.65. The lowest BCUT2D eigenvalue weighted by Gasteiger charge is -2.32. The van der Waals surface area contributed by atoms with E-state index in [9.17, 15) is 14.0 Å². The molecule has 2 heterocycles. The van der Waals surface area contributed by atoms with Gasteiger partial charge in [0.2, 0.25) is 5.91 Å². The van der Waals surface area contributed by atoms with Crippen molar-refractivity contribution in [3.05, 3.63) is 52.5 Å². The molecule has 5 nitrogen and oxygen atoms in total. The molecule has 0 atom stereocenters. The van der Waals surface area contributed by atoms with Crippen molar-refractivity contribution >= 4 is 29.0 Å². The Bertz CT molecular complexity index is 826. The van der Waals surface area contributed by atoms with Crippen molar-refractivity contribution in [1.29, 1.82) is 0 Å². The molecular formula is C21H24FN3O2S. The molecule has 1 aromatic carbocycles. The van der Waals surface area contributed by atoms with Crippen LogP contribution >= 0.6 is 11.3 Å². The van der Waals surface area contributed by atoms with Gasteiger partial charge in [0.15, 0.2) is 0 Å². The second kappa shape index (κ2) is 7.91. The summed E-state index contributed by atoms with van der Waals surface area (Å²) in [6.45, 7) is 1.98. The normalized spacial score (nSPS) is 18.5. The fourth-order valence-electron chi connectivity index (χ4n) is 3.74. The van der Waals surface area contributed by atoms with E-state index in [1.165, 1.54) is 12.1 Å². The van der Waals surface area contributed by atoms with Crippen LogP contribution in [0, 0.1) is 11.7 Å². The highest BCUT2D eigenvalue weighted by Crippen LogP contribution is 2.50. The van der Waals surface area contributed by atoms with Crippen LogP contribution in [0.3, 0.4) is 0 Å². The zero-order valence-electron chi connectivity index (χ0n) is 15.6. The van der Waals surface area contributed by atoms with Crippen molar-refractivity contribution < 1.29 is 14.0 Å². The molecule has 2 aromatic rings. The SMILES string of the molecule is O=C(Nc1ccc(F)cc1)N1CCC(CNC(=O)C2(c3cccs3)CC2)CC1. The van der Waals surface area contributed by atoms with E-state index in [4.69, 9.17) is 0 Å². The van der Waals surface area contributed by atoms with E-state index < -0.39 is 0 Å². The van der Waals surface area contributed by atoms with Crippen LogP contribution in [-0.2, 0) is 10.2 Å². The lowest BCUT2D eigenvalue weighted by Crippen LogP contribution is -2.44. The molecule has 3 amide bonds. The van der Waals surface area contributed by atoms with Gasteiger partial charge in [-0.25, -0.2) is 9.18 Å². The van der Waals surface area contributed by atoms with E-state index in [2.05, 4.69) is 16.7 Å². The Morgan fingerprint density at radius 3 is 2.46 bits per heavy atom. The van der Waals surface area contributed by atoms with Crippen LogP contribution in [0.5, 0.6) is 0 Å². The molecule has 2 N–H and O–H groups in total. The lowest BCUT2D eigenvalue weighted by molar-refractivity contribution is -0.123. The average Bonchev–Trinajstić information content (AvgIpc) is 3.34. The lowest BCUT2D eigenvalue weighted by atomic mass is 9.96. The number of amides is 3. The molecule has 0 spiro atoms. The van der Waals surface area contributed by atoms with Gasteiger partial charge in [0.05, 0.1) is 5.41 Å². The molecule has 2 aliphatic rings. The molecule has 4 rings (SSSR count). The zero-order valence-corrected chi connectivity index (χ0v) is 16.4. The molecule has 7 heteroatoms. The number of hydrogen-bond acceptors (Lipinski definition) is 3. The minimum atomic E-state index is -0.326. The van der Waals surface area contributed by atoms with E-state index in [0.717, 1.165) is 30.6 Å². The van der Waals surface area contributed by atoms with E-state index in [0.29, 0.717) is 31.2 Å². The summed E-state index contributed by atoms with van der Waals surface area (Å²) in [5, 5.41) is 7.97. The fourth-order valence-corrected chi connectivity index (χ4v) is 4.73. The van der Waals surface area contributed by atoms with Crippen molar-refractivity contribution in [1.82, 2.24) is 10.2 Å². The highest BCUT2D eigenvalue weighted by molar-refractivity contribution is 7.10. The van der Waals surface area contributed by atoms with Crippen molar-refractivity contribution in [3.8, 4) is 0 Å². The summed E-state index contributed by atoms with van der Waals surface area (Å²) in [5.74, 6) is 0.206. The van der Waals surface area contributed by atoms with Crippen LogP contribution in [0.15, 0.2) is 41.8 Å². The maximum atomic E-state index is 13.0. The number of urea groups is 1. The number of rotatable bonds is 5. The summed E-state index contributed by atoms with van der Waals surface area (Å²) < 4.78 is 13.0. The Balaban J connectivity index is 1.22. The molecular weight excluding hydrogens is 377 g/mol. The van der Waals surface area contributed by atoms with E-state index in [-0.39, 0.29) is 23.2 Å².